The monoisotopic (exact) mass is 815 g/mol. The highest BCUT2D eigenvalue weighted by molar-refractivity contribution is 7.17. The van der Waals surface area contributed by atoms with Crippen molar-refractivity contribution in [2.75, 3.05) is 51.0 Å². The summed E-state index contributed by atoms with van der Waals surface area (Å²) < 4.78 is 19.1. The highest BCUT2D eigenvalue weighted by Crippen LogP contribution is 2.32. The van der Waals surface area contributed by atoms with Crippen LogP contribution in [0.1, 0.15) is 149 Å². The summed E-state index contributed by atoms with van der Waals surface area (Å²) in [6.45, 7) is 12.7. The van der Waals surface area contributed by atoms with E-state index in [-0.39, 0.29) is 18.4 Å². The molecule has 0 bridgehead atoms. The molecule has 1 N–H and O–H groups in total. The van der Waals surface area contributed by atoms with Crippen LogP contribution in [0.5, 0.6) is 11.6 Å². The molecule has 0 atom stereocenters. The molecule has 5 rings (SSSR count). The Bertz CT molecular complexity index is 1730. The third-order valence-electron chi connectivity index (χ3n) is 12.0. The molecule has 0 radical (unpaired) electrons. The van der Waals surface area contributed by atoms with Gasteiger partial charge in [-0.15, -0.1) is 11.3 Å². The summed E-state index contributed by atoms with van der Waals surface area (Å²) in [7, 11) is 0. The molecule has 1 fully saturated rings. The van der Waals surface area contributed by atoms with Crippen LogP contribution in [0.25, 0.3) is 21.0 Å². The number of anilines is 1. The largest absolute Gasteiger partial charge is 0.494 e. The van der Waals surface area contributed by atoms with E-state index in [2.05, 4.69) is 65.5 Å². The Kier molecular flexibility index (Phi) is 20.3. The standard InChI is InChI=1S/C49H74N4O4S/c1-4-7-10-13-14-15-18-31-49(29-16-11-8-5-2,30-17-12-9-6-3)51-48(54)57-40-56-47-27-25-41-24-26-42(39-44(41)50-47)55-37-20-19-32-52-33-35-53(36-34-52)45-22-21-23-46-43(45)28-38-58-46/h21-28,38-39H,4-20,29-37,40H2,1-3H3,(H,51,54). The molecule has 8 nitrogen and oxygen atoms in total. The Labute approximate surface area is 354 Å². The molecule has 0 saturated carbocycles. The van der Waals surface area contributed by atoms with Crippen molar-refractivity contribution < 1.29 is 19.0 Å². The molecule has 4 aromatic rings. The normalized spacial score (nSPS) is 13.7. The summed E-state index contributed by atoms with van der Waals surface area (Å²) in [5.41, 5.74) is 1.94. The minimum atomic E-state index is -0.389. The number of benzene rings is 2. The lowest BCUT2D eigenvalue weighted by Crippen LogP contribution is -2.49. The molecule has 1 saturated heterocycles. The predicted octanol–water partition coefficient (Wildman–Crippen LogP) is 13.3. The van der Waals surface area contributed by atoms with Crippen molar-refractivity contribution in [3.63, 3.8) is 0 Å². The highest BCUT2D eigenvalue weighted by atomic mass is 32.1. The second-order valence-corrected chi connectivity index (χ2v) is 17.5. The zero-order valence-electron chi connectivity index (χ0n) is 36.2. The third-order valence-corrected chi connectivity index (χ3v) is 12.9. The first-order valence-electron chi connectivity index (χ1n) is 23.1. The fourth-order valence-corrected chi connectivity index (χ4v) is 9.31. The molecule has 0 aliphatic carbocycles. The van der Waals surface area contributed by atoms with Crippen LogP contribution in [-0.2, 0) is 4.74 Å². The number of piperazine rings is 1. The first kappa shape index (κ1) is 45.5. The Balaban J connectivity index is 1.04. The molecule has 0 unspecified atom stereocenters. The highest BCUT2D eigenvalue weighted by Gasteiger charge is 2.31. The number of rotatable bonds is 29. The minimum absolute atomic E-state index is 0.181. The maximum absolute atomic E-state index is 13.4. The third kappa shape index (κ3) is 15.2. The summed E-state index contributed by atoms with van der Waals surface area (Å²) in [4.78, 5) is 23.2. The van der Waals surface area contributed by atoms with Crippen LogP contribution in [0.2, 0.25) is 0 Å². The van der Waals surface area contributed by atoms with Crippen molar-refractivity contribution in [2.45, 2.75) is 155 Å². The number of fused-ring (bicyclic) bond motifs is 2. The summed E-state index contributed by atoms with van der Waals surface area (Å²) in [5.74, 6) is 1.23. The first-order valence-corrected chi connectivity index (χ1v) is 24.0. The van der Waals surface area contributed by atoms with Crippen LogP contribution in [0.15, 0.2) is 60.0 Å². The van der Waals surface area contributed by atoms with Crippen LogP contribution in [-0.4, -0.2) is 67.6 Å². The molecule has 9 heteroatoms. The maximum Gasteiger partial charge on any atom is 0.410 e. The smallest absolute Gasteiger partial charge is 0.410 e. The second kappa shape index (κ2) is 25.8. The van der Waals surface area contributed by atoms with Crippen molar-refractivity contribution in [1.82, 2.24) is 15.2 Å². The second-order valence-electron chi connectivity index (χ2n) is 16.6. The molecule has 2 aromatic heterocycles. The van der Waals surface area contributed by atoms with Gasteiger partial charge in [-0.3, -0.25) is 4.90 Å². The van der Waals surface area contributed by atoms with Gasteiger partial charge in [0.2, 0.25) is 12.7 Å². The van der Waals surface area contributed by atoms with Gasteiger partial charge in [0.1, 0.15) is 5.75 Å². The maximum atomic E-state index is 13.4. The van der Waals surface area contributed by atoms with E-state index in [1.54, 1.807) is 0 Å². The number of unbranched alkanes of at least 4 members (excludes halogenated alkanes) is 13. The Morgan fingerprint density at radius 3 is 2.09 bits per heavy atom. The first-order chi connectivity index (χ1) is 28.5. The van der Waals surface area contributed by atoms with Gasteiger partial charge in [0.05, 0.1) is 12.1 Å². The van der Waals surface area contributed by atoms with Gasteiger partial charge in [-0.2, -0.15) is 0 Å². The van der Waals surface area contributed by atoms with Gasteiger partial charge in [0.15, 0.2) is 0 Å². The van der Waals surface area contributed by atoms with Crippen molar-refractivity contribution >= 4 is 44.1 Å². The Morgan fingerprint density at radius 1 is 0.724 bits per heavy atom. The van der Waals surface area contributed by atoms with Crippen LogP contribution in [0.3, 0.4) is 0 Å². The van der Waals surface area contributed by atoms with Crippen molar-refractivity contribution in [2.24, 2.45) is 0 Å². The molecule has 1 aliphatic heterocycles. The van der Waals surface area contributed by atoms with E-state index >= 15 is 0 Å². The number of hydrogen-bond acceptors (Lipinski definition) is 8. The molecular weight excluding hydrogens is 741 g/mol. The topological polar surface area (TPSA) is 76.2 Å². The Morgan fingerprint density at radius 2 is 1.38 bits per heavy atom. The van der Waals surface area contributed by atoms with Gasteiger partial charge < -0.3 is 24.4 Å². The SMILES string of the molecule is CCCCCCCCCC(CCCCCC)(CCCCCC)NC(=O)OCOc1ccc2ccc(OCCCCN3CCN(c4cccc5sccc45)CC3)cc2n1. The van der Waals surface area contributed by atoms with E-state index in [0.717, 1.165) is 101 Å². The molecule has 3 heterocycles. The molecule has 1 aliphatic rings. The van der Waals surface area contributed by atoms with Crippen LogP contribution >= 0.6 is 11.3 Å². The van der Waals surface area contributed by atoms with Crippen LogP contribution in [0, 0.1) is 0 Å². The molecule has 2 aromatic carbocycles. The lowest BCUT2D eigenvalue weighted by molar-refractivity contribution is 0.0483. The summed E-state index contributed by atoms with van der Waals surface area (Å²) in [6, 6.07) is 18.8. The predicted molar refractivity (Wildman–Crippen MR) is 245 cm³/mol. The Hall–Kier alpha value is -3.56. The number of pyridine rings is 1. The number of nitrogens with zero attached hydrogens (tertiary/aromatic N) is 3. The molecular formula is C49H74N4O4S. The average molecular weight is 815 g/mol. The number of amides is 1. The number of hydrogen-bond donors (Lipinski definition) is 1. The van der Waals surface area contributed by atoms with Crippen molar-refractivity contribution in [3.05, 3.63) is 60.0 Å². The number of thiophene rings is 1. The zero-order chi connectivity index (χ0) is 40.7. The van der Waals surface area contributed by atoms with E-state index in [1.807, 2.05) is 41.7 Å². The zero-order valence-corrected chi connectivity index (χ0v) is 37.1. The quantitative estimate of drug-likeness (QED) is 0.0432. The number of alkyl carbamates (subject to hydrolysis) is 1. The van der Waals surface area contributed by atoms with Gasteiger partial charge in [-0.25, -0.2) is 9.78 Å². The van der Waals surface area contributed by atoms with Crippen LogP contribution in [0.4, 0.5) is 10.5 Å². The van der Waals surface area contributed by atoms with Gasteiger partial charge >= 0.3 is 6.09 Å². The number of ether oxygens (including phenoxy) is 3. The fraction of sp³-hybridized carbons (Fsp3) is 0.633. The molecule has 320 valence electrons. The van der Waals surface area contributed by atoms with Crippen molar-refractivity contribution in [1.29, 1.82) is 0 Å². The lowest BCUT2D eigenvalue weighted by Gasteiger charge is -2.36. The van der Waals surface area contributed by atoms with E-state index in [4.69, 9.17) is 19.2 Å². The minimum Gasteiger partial charge on any atom is -0.494 e. The summed E-state index contributed by atoms with van der Waals surface area (Å²) >= 11 is 1.82. The number of carbonyl (C=O) groups excluding carboxylic acids is 1. The number of carbonyl (C=O) groups is 1. The summed E-state index contributed by atoms with van der Waals surface area (Å²) in [6.07, 6.45) is 23.2. The average Bonchev–Trinajstić information content (AvgIpc) is 3.73. The molecule has 58 heavy (non-hydrogen) atoms. The van der Waals surface area contributed by atoms with Crippen molar-refractivity contribution in [3.8, 4) is 11.6 Å². The molecule has 1 amide bonds. The summed E-state index contributed by atoms with van der Waals surface area (Å²) in [5, 5.41) is 7.98. The van der Waals surface area contributed by atoms with Gasteiger partial charge in [-0.05, 0) is 80.4 Å². The lowest BCUT2D eigenvalue weighted by atomic mass is 9.81. The van der Waals surface area contributed by atoms with E-state index < -0.39 is 0 Å². The van der Waals surface area contributed by atoms with E-state index in [9.17, 15) is 4.79 Å². The van der Waals surface area contributed by atoms with Crippen LogP contribution < -0.4 is 19.7 Å². The fourth-order valence-electron chi connectivity index (χ4n) is 8.50. The number of aromatic nitrogens is 1. The van der Waals surface area contributed by atoms with Gasteiger partial charge in [-0.1, -0.05) is 123 Å². The van der Waals surface area contributed by atoms with Gasteiger partial charge in [0.25, 0.3) is 0 Å². The number of nitrogens with one attached hydrogen (secondary N) is 1. The van der Waals surface area contributed by atoms with E-state index in [1.165, 1.54) is 92.8 Å². The molecule has 0 spiro atoms. The van der Waals surface area contributed by atoms with Gasteiger partial charge in [0, 0.05) is 65.0 Å². The van der Waals surface area contributed by atoms with E-state index in [0.29, 0.717) is 12.5 Å².